The number of nitrogens with one attached hydrogen (secondary N) is 2. The van der Waals surface area contributed by atoms with Crippen LogP contribution in [0.15, 0.2) is 0 Å². The van der Waals surface area contributed by atoms with Gasteiger partial charge in [0.1, 0.15) is 135 Å². The van der Waals surface area contributed by atoms with Crippen LogP contribution in [0.2, 0.25) is 0 Å². The third kappa shape index (κ3) is 15.4. The molecule has 74 heavy (non-hydrogen) atoms. The van der Waals surface area contributed by atoms with E-state index in [-0.39, 0.29) is 32.7 Å². The van der Waals surface area contributed by atoms with Crippen LogP contribution in [0.4, 0.5) is 9.59 Å². The van der Waals surface area contributed by atoms with Crippen molar-refractivity contribution in [1.29, 1.82) is 0 Å². The lowest BCUT2D eigenvalue weighted by molar-refractivity contribution is -0.382. The molecule has 33 heteroatoms. The topological polar surface area (TPSA) is 491 Å². The van der Waals surface area contributed by atoms with Crippen molar-refractivity contribution >= 4 is 12.2 Å². The zero-order valence-corrected chi connectivity index (χ0v) is 40.2. The van der Waals surface area contributed by atoms with Crippen LogP contribution in [0.25, 0.3) is 0 Å². The highest BCUT2D eigenvalue weighted by atomic mass is 16.8. The average molecular weight is 1090 g/mol. The lowest BCUT2D eigenvalue weighted by Crippen LogP contribution is -2.67. The average Bonchev–Trinajstić information content (AvgIpc) is 3.39. The van der Waals surface area contributed by atoms with Crippen molar-refractivity contribution in [3.05, 3.63) is 0 Å². The Morgan fingerprint density at radius 3 is 1.12 bits per heavy atom. The van der Waals surface area contributed by atoms with E-state index in [1.165, 1.54) is 14.2 Å². The number of hydrogen-bond donors (Lipinski definition) is 17. The number of carbonyl (C=O) groups excluding carboxylic acids is 2. The predicted molar refractivity (Wildman–Crippen MR) is 230 cm³/mol. The summed E-state index contributed by atoms with van der Waals surface area (Å²) >= 11 is 0. The molecule has 0 aromatic heterocycles. The zero-order chi connectivity index (χ0) is 54.4. The van der Waals surface area contributed by atoms with Gasteiger partial charge in [-0.05, 0) is 6.42 Å². The summed E-state index contributed by atoms with van der Waals surface area (Å²) in [6, 6.07) is 0. The van der Waals surface area contributed by atoms with Crippen molar-refractivity contribution in [2.75, 3.05) is 86.8 Å². The minimum absolute atomic E-state index is 0.00724. The molecule has 0 saturated carbocycles. The molecule has 0 spiro atoms. The molecule has 5 aliphatic heterocycles. The number of hydrogen-bond acceptors (Lipinski definition) is 31. The maximum atomic E-state index is 12.5. The molecular formula is C41H72N2O31. The van der Waals surface area contributed by atoms with Crippen molar-refractivity contribution in [2.24, 2.45) is 0 Å². The molecule has 25 atom stereocenters. The first-order chi connectivity index (χ1) is 35.4. The molecule has 5 saturated heterocycles. The molecule has 5 fully saturated rings. The van der Waals surface area contributed by atoms with Gasteiger partial charge in [0.05, 0.1) is 46.2 Å². The van der Waals surface area contributed by atoms with Crippen molar-refractivity contribution < 1.29 is 153 Å². The highest BCUT2D eigenvalue weighted by Crippen LogP contribution is 2.35. The van der Waals surface area contributed by atoms with Crippen LogP contribution in [0.1, 0.15) is 6.42 Å². The van der Waals surface area contributed by atoms with Gasteiger partial charge in [0, 0.05) is 27.3 Å². The molecule has 33 nitrogen and oxygen atoms in total. The van der Waals surface area contributed by atoms with Gasteiger partial charge in [-0.15, -0.1) is 0 Å². The van der Waals surface area contributed by atoms with Gasteiger partial charge in [-0.1, -0.05) is 0 Å². The lowest BCUT2D eigenvalue weighted by atomic mass is 9.96. The number of alkyl carbamates (subject to hydrolysis) is 2. The van der Waals surface area contributed by atoms with E-state index in [2.05, 4.69) is 10.6 Å². The van der Waals surface area contributed by atoms with E-state index in [0.29, 0.717) is 0 Å². The predicted octanol–water partition coefficient (Wildman–Crippen LogP) is -10.8. The van der Waals surface area contributed by atoms with Gasteiger partial charge in [-0.3, -0.25) is 0 Å². The van der Waals surface area contributed by atoms with E-state index in [1.54, 1.807) is 0 Å². The number of carbonyl (C=O) groups is 2. The van der Waals surface area contributed by atoms with Crippen LogP contribution in [-0.2, 0) is 66.3 Å². The third-order valence-corrected chi connectivity index (χ3v) is 12.6. The van der Waals surface area contributed by atoms with Crippen molar-refractivity contribution in [3.63, 3.8) is 0 Å². The molecule has 0 aromatic carbocycles. The molecule has 0 bridgehead atoms. The quantitative estimate of drug-likeness (QED) is 0.0378. The van der Waals surface area contributed by atoms with Crippen LogP contribution in [0, 0.1) is 0 Å². The Balaban J connectivity index is 1.06. The fourth-order valence-corrected chi connectivity index (χ4v) is 8.52. The Morgan fingerprint density at radius 2 is 0.716 bits per heavy atom. The van der Waals surface area contributed by atoms with E-state index in [9.17, 15) is 86.2 Å². The summed E-state index contributed by atoms with van der Waals surface area (Å²) in [5.41, 5.74) is 0. The Bertz CT molecular complexity index is 1640. The fraction of sp³-hybridized carbons (Fsp3) is 0.951. The summed E-state index contributed by atoms with van der Waals surface area (Å²) in [7, 11) is 2.40. The van der Waals surface area contributed by atoms with E-state index in [4.69, 9.17) is 66.3 Å². The summed E-state index contributed by atoms with van der Waals surface area (Å²) < 4.78 is 76.9. The molecule has 5 aliphatic rings. The Hall–Kier alpha value is -2.54. The first kappa shape index (κ1) is 62.3. The highest BCUT2D eigenvalue weighted by molar-refractivity contribution is 5.67. The molecule has 17 N–H and O–H groups in total. The van der Waals surface area contributed by atoms with Gasteiger partial charge in [0.2, 0.25) is 0 Å². The highest BCUT2D eigenvalue weighted by Gasteiger charge is 2.55. The van der Waals surface area contributed by atoms with E-state index < -0.39 is 212 Å². The molecule has 0 unspecified atom stereocenters. The van der Waals surface area contributed by atoms with Crippen LogP contribution in [0.3, 0.4) is 0 Å². The zero-order valence-electron chi connectivity index (χ0n) is 40.2. The Labute approximate surface area is 421 Å². The summed E-state index contributed by atoms with van der Waals surface area (Å²) in [5.74, 6) is 0. The molecule has 2 amide bonds. The second-order valence-corrected chi connectivity index (χ2v) is 17.5. The maximum Gasteiger partial charge on any atom is 0.407 e. The number of aliphatic hydroxyl groups is 15. The van der Waals surface area contributed by atoms with Crippen LogP contribution in [0.5, 0.6) is 0 Å². The minimum atomic E-state index is -1.93. The first-order valence-corrected chi connectivity index (χ1v) is 23.6. The monoisotopic (exact) mass is 1090 g/mol. The van der Waals surface area contributed by atoms with Gasteiger partial charge in [0.25, 0.3) is 0 Å². The van der Waals surface area contributed by atoms with Crippen molar-refractivity contribution in [3.8, 4) is 0 Å². The van der Waals surface area contributed by atoms with Crippen molar-refractivity contribution in [2.45, 2.75) is 160 Å². The molecule has 0 aliphatic carbocycles. The molecule has 5 rings (SSSR count). The van der Waals surface area contributed by atoms with Gasteiger partial charge < -0.3 is 154 Å². The Morgan fingerprint density at radius 1 is 0.378 bits per heavy atom. The maximum absolute atomic E-state index is 12.5. The number of aliphatic hydroxyl groups excluding tert-OH is 15. The minimum Gasteiger partial charge on any atom is -0.447 e. The summed E-state index contributed by atoms with van der Waals surface area (Å²) in [4.78, 5) is 24.8. The molecule has 5 heterocycles. The molecule has 432 valence electrons. The third-order valence-electron chi connectivity index (χ3n) is 12.6. The van der Waals surface area contributed by atoms with Gasteiger partial charge in [-0.2, -0.15) is 0 Å². The number of amides is 2. The van der Waals surface area contributed by atoms with Gasteiger partial charge in [-0.25, -0.2) is 9.59 Å². The van der Waals surface area contributed by atoms with Crippen molar-refractivity contribution in [1.82, 2.24) is 10.6 Å². The van der Waals surface area contributed by atoms with E-state index in [0.717, 1.165) is 0 Å². The smallest absolute Gasteiger partial charge is 0.407 e. The molecular weight excluding hydrogens is 1020 g/mol. The first-order valence-electron chi connectivity index (χ1n) is 23.6. The van der Waals surface area contributed by atoms with Gasteiger partial charge >= 0.3 is 12.2 Å². The normalized spacial score (nSPS) is 42.9. The summed E-state index contributed by atoms with van der Waals surface area (Å²) in [6.45, 7) is -5.63. The van der Waals surface area contributed by atoms with Crippen LogP contribution in [-0.4, -0.2) is 329 Å². The summed E-state index contributed by atoms with van der Waals surface area (Å²) in [6.07, 6.45) is -42.0. The molecule has 0 aromatic rings. The second-order valence-electron chi connectivity index (χ2n) is 17.5. The Kier molecular flexibility index (Phi) is 25.3. The van der Waals surface area contributed by atoms with Crippen LogP contribution >= 0.6 is 0 Å². The number of methoxy groups -OCH3 is 2. The standard InChI is InChI=1S/C41H72N2O31/c1-61-35-27(56)24(53)30(17(12-46)69-35)74-39-34(29(58)32(19(14-48)71-39)73-37-26(55)23(52)21(50)16(11-45)68-37)64-7-9-66-41(60)43-5-3-4-42-40(59)65-8-6-63-33-28(57)31(18(13-47)70-38(33)62-2)72-36-25(54)22(51)20(49)15(10-44)67-36/h15-39,44-58H,3-14H2,1-2H3,(H,42,59)(H,43,60)/t15-,16-,17-,18-,19-,20+,21+,22+,23+,24-,25-,26-,27-,28+,29+,30-,31+,32+,33-,34-,35-,36-,37-,38-,39+/m1/s1. The molecule has 0 radical (unpaired) electrons. The van der Waals surface area contributed by atoms with Crippen LogP contribution < -0.4 is 10.6 Å². The largest absolute Gasteiger partial charge is 0.447 e. The number of rotatable bonds is 25. The SMILES string of the molecule is CO[C@@H]1O[C@H](CO)[C@@H](O[C@@H]2O[C@H](CO)[C@H](O[C@H]3O[C@H](CO)[C@H](O)[C@H](O)[C@H]3O)[C@H](O)[C@H]2OCCOC(=O)NCCCNC(=O)OCCO[C@H]2[C@H](OC)O[C@H](CO)[C@H](O[C@H]3O[C@H](CO)[C@H](O)[C@H](O)[C@H]3O)[C@@H]2O)[C@H](O)[C@H]1O. The van der Waals surface area contributed by atoms with E-state index >= 15 is 0 Å². The fourth-order valence-electron chi connectivity index (χ4n) is 8.52. The summed E-state index contributed by atoms with van der Waals surface area (Å²) in [5, 5.41) is 160. The van der Waals surface area contributed by atoms with E-state index in [1.807, 2.05) is 0 Å². The van der Waals surface area contributed by atoms with Gasteiger partial charge in [0.15, 0.2) is 31.5 Å². The second kappa shape index (κ2) is 30.0. The number of ether oxygens (including phenoxy) is 14. The lowest BCUT2D eigenvalue weighted by Gasteiger charge is -2.49.